The smallest absolute Gasteiger partial charge is 0.409 e. The molecule has 0 radical (unpaired) electrons. The van der Waals surface area contributed by atoms with Crippen molar-refractivity contribution in [3.05, 3.63) is 28.3 Å². The van der Waals surface area contributed by atoms with Crippen molar-refractivity contribution in [3.8, 4) is 5.75 Å². The molecule has 1 aromatic carbocycles. The van der Waals surface area contributed by atoms with Gasteiger partial charge in [0.2, 0.25) is 0 Å². The molecule has 0 saturated heterocycles. The molecule has 4 nitrogen and oxygen atoms in total. The van der Waals surface area contributed by atoms with Crippen LogP contribution in [0, 0.1) is 6.92 Å². The van der Waals surface area contributed by atoms with Gasteiger partial charge in [-0.2, -0.15) is 0 Å². The van der Waals surface area contributed by atoms with Crippen LogP contribution in [0.2, 0.25) is 5.02 Å². The van der Waals surface area contributed by atoms with Crippen LogP contribution >= 0.6 is 11.6 Å². The normalized spacial score (nSPS) is 9.93. The van der Waals surface area contributed by atoms with Crippen LogP contribution in [0.25, 0.3) is 0 Å². The van der Waals surface area contributed by atoms with Gasteiger partial charge in [0.15, 0.2) is 0 Å². The zero-order chi connectivity index (χ0) is 10.7. The number of nitrogens with two attached hydrogens (primary N) is 2. The second-order valence-corrected chi connectivity index (χ2v) is 3.18. The van der Waals surface area contributed by atoms with Gasteiger partial charge in [-0.3, -0.25) is 0 Å². The largest absolute Gasteiger partial charge is 0.410 e. The van der Waals surface area contributed by atoms with Gasteiger partial charge in [-0.25, -0.2) is 4.79 Å². The lowest BCUT2D eigenvalue weighted by Crippen LogP contribution is -2.18. The molecule has 0 aliphatic carbocycles. The standard InChI is InChI=1S/C9H11ClN2O2/c1-5-6(4-11)8(14-9(12)13)3-2-7(5)10/h2-3H,4,11H2,1H3,(H2,12,13). The molecule has 0 aromatic heterocycles. The molecule has 1 aromatic rings. The minimum atomic E-state index is -0.860. The summed E-state index contributed by atoms with van der Waals surface area (Å²) in [6.07, 6.45) is -0.860. The Bertz CT molecular complexity index is 366. The van der Waals surface area contributed by atoms with Crippen molar-refractivity contribution in [1.29, 1.82) is 0 Å². The van der Waals surface area contributed by atoms with Crippen LogP contribution in [-0.4, -0.2) is 6.09 Å². The van der Waals surface area contributed by atoms with Crippen molar-refractivity contribution in [1.82, 2.24) is 0 Å². The van der Waals surface area contributed by atoms with E-state index >= 15 is 0 Å². The maximum absolute atomic E-state index is 10.6. The molecule has 0 atom stereocenters. The molecular weight excluding hydrogens is 204 g/mol. The molecule has 0 aliphatic rings. The highest BCUT2D eigenvalue weighted by molar-refractivity contribution is 6.31. The molecule has 0 heterocycles. The van der Waals surface area contributed by atoms with Gasteiger partial charge in [-0.05, 0) is 24.6 Å². The summed E-state index contributed by atoms with van der Waals surface area (Å²) in [5.41, 5.74) is 11.9. The van der Waals surface area contributed by atoms with Crippen molar-refractivity contribution in [2.75, 3.05) is 0 Å². The molecule has 14 heavy (non-hydrogen) atoms. The molecule has 0 saturated carbocycles. The van der Waals surface area contributed by atoms with Crippen molar-refractivity contribution < 1.29 is 9.53 Å². The van der Waals surface area contributed by atoms with E-state index in [1.54, 1.807) is 19.1 Å². The summed E-state index contributed by atoms with van der Waals surface area (Å²) in [4.78, 5) is 10.6. The molecule has 1 amide bonds. The molecule has 0 spiro atoms. The summed E-state index contributed by atoms with van der Waals surface area (Å²) in [5.74, 6) is 0.363. The lowest BCUT2D eigenvalue weighted by molar-refractivity contribution is 0.210. The van der Waals surface area contributed by atoms with Crippen LogP contribution < -0.4 is 16.2 Å². The van der Waals surface area contributed by atoms with Crippen LogP contribution in [0.1, 0.15) is 11.1 Å². The Hall–Kier alpha value is -1.26. The quantitative estimate of drug-likeness (QED) is 0.784. The van der Waals surface area contributed by atoms with Gasteiger partial charge >= 0.3 is 6.09 Å². The molecule has 0 fully saturated rings. The topological polar surface area (TPSA) is 78.3 Å². The third-order valence-corrected chi connectivity index (χ3v) is 2.31. The number of carbonyl (C=O) groups is 1. The summed E-state index contributed by atoms with van der Waals surface area (Å²) < 4.78 is 4.77. The summed E-state index contributed by atoms with van der Waals surface area (Å²) in [7, 11) is 0. The SMILES string of the molecule is Cc1c(Cl)ccc(OC(N)=O)c1CN. The Kier molecular flexibility index (Phi) is 3.33. The number of hydrogen-bond donors (Lipinski definition) is 2. The van der Waals surface area contributed by atoms with Crippen molar-refractivity contribution in [2.45, 2.75) is 13.5 Å². The van der Waals surface area contributed by atoms with Gasteiger partial charge in [0.05, 0.1) is 0 Å². The second-order valence-electron chi connectivity index (χ2n) is 2.77. The Morgan fingerprint density at radius 1 is 1.57 bits per heavy atom. The fourth-order valence-electron chi connectivity index (χ4n) is 1.16. The first kappa shape index (κ1) is 10.8. The lowest BCUT2D eigenvalue weighted by Gasteiger charge is -2.10. The predicted molar refractivity (Wildman–Crippen MR) is 54.3 cm³/mol. The van der Waals surface area contributed by atoms with Gasteiger partial charge in [0.25, 0.3) is 0 Å². The Labute approximate surface area is 86.8 Å². The van der Waals surface area contributed by atoms with Gasteiger partial charge in [0, 0.05) is 17.1 Å². The number of carbonyl (C=O) groups excluding carboxylic acids is 1. The number of amides is 1. The lowest BCUT2D eigenvalue weighted by atomic mass is 10.1. The number of primary amides is 1. The van der Waals surface area contributed by atoms with E-state index in [9.17, 15) is 4.79 Å². The zero-order valence-electron chi connectivity index (χ0n) is 7.71. The molecule has 1 rings (SSSR count). The molecule has 5 heteroatoms. The Morgan fingerprint density at radius 3 is 2.71 bits per heavy atom. The van der Waals surface area contributed by atoms with Crippen LogP contribution in [0.4, 0.5) is 4.79 Å². The minimum absolute atomic E-state index is 0.245. The summed E-state index contributed by atoms with van der Waals surface area (Å²) >= 11 is 5.87. The number of benzene rings is 1. The summed E-state index contributed by atoms with van der Waals surface area (Å²) in [5, 5.41) is 0.585. The van der Waals surface area contributed by atoms with E-state index in [1.807, 2.05) is 0 Å². The highest BCUT2D eigenvalue weighted by atomic mass is 35.5. The van der Waals surface area contributed by atoms with Gasteiger partial charge in [0.1, 0.15) is 5.75 Å². The fourth-order valence-corrected chi connectivity index (χ4v) is 1.34. The van der Waals surface area contributed by atoms with Crippen LogP contribution in [0.15, 0.2) is 12.1 Å². The number of halogens is 1. The Morgan fingerprint density at radius 2 is 2.21 bits per heavy atom. The zero-order valence-corrected chi connectivity index (χ0v) is 8.47. The third kappa shape index (κ3) is 2.16. The minimum Gasteiger partial charge on any atom is -0.410 e. The van der Waals surface area contributed by atoms with Crippen LogP contribution in [0.5, 0.6) is 5.75 Å². The molecule has 0 aliphatic heterocycles. The second kappa shape index (κ2) is 4.30. The van der Waals surface area contributed by atoms with E-state index < -0.39 is 6.09 Å². The van der Waals surface area contributed by atoms with Crippen LogP contribution in [-0.2, 0) is 6.54 Å². The summed E-state index contributed by atoms with van der Waals surface area (Å²) in [6.45, 7) is 2.05. The number of hydrogen-bond acceptors (Lipinski definition) is 3. The summed E-state index contributed by atoms with van der Waals surface area (Å²) in [6, 6.07) is 3.20. The number of rotatable bonds is 2. The fraction of sp³-hybridized carbons (Fsp3) is 0.222. The maximum Gasteiger partial charge on any atom is 0.409 e. The molecule has 4 N–H and O–H groups in total. The van der Waals surface area contributed by atoms with E-state index in [0.29, 0.717) is 16.3 Å². The molecular formula is C9H11ClN2O2. The number of ether oxygens (including phenoxy) is 1. The highest BCUT2D eigenvalue weighted by Gasteiger charge is 2.10. The first-order valence-corrected chi connectivity index (χ1v) is 4.39. The average Bonchev–Trinajstić information content (AvgIpc) is 2.11. The molecule has 76 valence electrons. The average molecular weight is 215 g/mol. The molecule has 0 unspecified atom stereocenters. The van der Waals surface area contributed by atoms with E-state index in [1.165, 1.54) is 0 Å². The van der Waals surface area contributed by atoms with Crippen molar-refractivity contribution >= 4 is 17.7 Å². The van der Waals surface area contributed by atoms with E-state index in [0.717, 1.165) is 5.56 Å². The third-order valence-electron chi connectivity index (χ3n) is 1.90. The van der Waals surface area contributed by atoms with Gasteiger partial charge in [-0.1, -0.05) is 11.6 Å². The van der Waals surface area contributed by atoms with Crippen molar-refractivity contribution in [3.63, 3.8) is 0 Å². The first-order valence-electron chi connectivity index (χ1n) is 4.01. The van der Waals surface area contributed by atoms with E-state index in [2.05, 4.69) is 0 Å². The monoisotopic (exact) mass is 214 g/mol. The van der Waals surface area contributed by atoms with Gasteiger partial charge < -0.3 is 16.2 Å². The highest BCUT2D eigenvalue weighted by Crippen LogP contribution is 2.27. The van der Waals surface area contributed by atoms with Crippen LogP contribution in [0.3, 0.4) is 0 Å². The predicted octanol–water partition coefficient (Wildman–Crippen LogP) is 1.56. The Balaban J connectivity index is 3.17. The first-order chi connectivity index (χ1) is 6.56. The van der Waals surface area contributed by atoms with Crippen molar-refractivity contribution in [2.24, 2.45) is 11.5 Å². The molecule has 0 bridgehead atoms. The van der Waals surface area contributed by atoms with E-state index in [4.69, 9.17) is 27.8 Å². The maximum atomic E-state index is 10.6. The van der Waals surface area contributed by atoms with E-state index in [-0.39, 0.29) is 6.54 Å². The van der Waals surface area contributed by atoms with Gasteiger partial charge in [-0.15, -0.1) is 0 Å².